The van der Waals surface area contributed by atoms with Crippen LogP contribution in [0, 0.1) is 0 Å². The first kappa shape index (κ1) is 23.9. The van der Waals surface area contributed by atoms with Crippen LogP contribution in [0.2, 0.25) is 0 Å². The third-order valence-corrected chi connectivity index (χ3v) is 8.42. The van der Waals surface area contributed by atoms with Crippen LogP contribution in [-0.2, 0) is 6.42 Å². The Morgan fingerprint density at radius 2 is 1.89 bits per heavy atom. The van der Waals surface area contributed by atoms with Crippen molar-refractivity contribution in [2.75, 3.05) is 23.5 Å². The molecule has 2 atom stereocenters. The Balaban J connectivity index is 1.11. The van der Waals surface area contributed by atoms with E-state index in [4.69, 9.17) is 9.73 Å². The van der Waals surface area contributed by atoms with Gasteiger partial charge in [-0.2, -0.15) is 0 Å². The number of fused-ring (bicyclic) bond motifs is 1. The van der Waals surface area contributed by atoms with Gasteiger partial charge in [-0.1, -0.05) is 72.1 Å². The summed E-state index contributed by atoms with van der Waals surface area (Å²) in [7, 11) is 1.69. The lowest BCUT2D eigenvalue weighted by molar-refractivity contribution is 0.414. The molecule has 0 saturated heterocycles. The van der Waals surface area contributed by atoms with Gasteiger partial charge in [-0.25, -0.2) is 0 Å². The molecule has 0 fully saturated rings. The van der Waals surface area contributed by atoms with Crippen LogP contribution < -0.4 is 15.4 Å². The van der Waals surface area contributed by atoms with Gasteiger partial charge in [0, 0.05) is 22.0 Å². The molecule has 2 aliphatic rings. The predicted molar refractivity (Wildman–Crippen MR) is 152 cm³/mol. The smallest absolute Gasteiger partial charge is 0.161 e. The fraction of sp³-hybridized carbons (Fsp3) is 0.276. The van der Waals surface area contributed by atoms with Gasteiger partial charge in [-0.3, -0.25) is 4.99 Å². The van der Waals surface area contributed by atoms with Crippen molar-refractivity contribution < 1.29 is 4.74 Å². The molecular formula is C29H31N3OS2. The van der Waals surface area contributed by atoms with Crippen LogP contribution in [0.15, 0.2) is 94.8 Å². The summed E-state index contributed by atoms with van der Waals surface area (Å²) in [6.07, 6.45) is 4.06. The van der Waals surface area contributed by atoms with E-state index in [1.54, 1.807) is 18.9 Å². The number of thioether (sulfide) groups is 2. The topological polar surface area (TPSA) is 45.7 Å². The molecule has 180 valence electrons. The number of rotatable bonds is 8. The minimum absolute atomic E-state index is 0.190. The summed E-state index contributed by atoms with van der Waals surface area (Å²) < 4.78 is 5.28. The molecule has 0 aromatic heterocycles. The van der Waals surface area contributed by atoms with Crippen molar-refractivity contribution in [2.24, 2.45) is 4.99 Å². The number of aryl methyl sites for hydroxylation is 1. The zero-order valence-corrected chi connectivity index (χ0v) is 21.6. The van der Waals surface area contributed by atoms with Crippen molar-refractivity contribution in [3.05, 3.63) is 96.1 Å². The standard InChI is InChI=1S/C29H31N3OS2/c1-20(19-28-31-26-5-3-4-6-27(26)35-28)7-8-21-9-13-23(14-10-21)30-29-32-25(17-18-34-29)22-11-15-24(33-2)16-12-22/h3-6,9-16,25,28,31H,1,7-8,17-19H2,2H3,(H,30,32). The average molecular weight is 502 g/mol. The van der Waals surface area contributed by atoms with E-state index in [2.05, 4.69) is 77.9 Å². The second-order valence-electron chi connectivity index (χ2n) is 8.88. The molecular weight excluding hydrogens is 470 g/mol. The first-order valence-electron chi connectivity index (χ1n) is 12.1. The van der Waals surface area contributed by atoms with Crippen LogP contribution in [-0.4, -0.2) is 23.4 Å². The summed E-state index contributed by atoms with van der Waals surface area (Å²) in [5.74, 6) is 1.94. The van der Waals surface area contributed by atoms with E-state index >= 15 is 0 Å². The maximum absolute atomic E-state index is 5.28. The highest BCUT2D eigenvalue weighted by molar-refractivity contribution is 8.14. The first-order valence-corrected chi connectivity index (χ1v) is 13.9. The Kier molecular flexibility index (Phi) is 7.69. The molecule has 2 N–H and O–H groups in total. The van der Waals surface area contributed by atoms with Gasteiger partial charge >= 0.3 is 0 Å². The summed E-state index contributed by atoms with van der Waals surface area (Å²) >= 11 is 3.69. The number of hydrogen-bond acceptors (Lipinski definition) is 6. The molecule has 0 saturated carbocycles. The third-order valence-electron chi connectivity index (χ3n) is 6.32. The van der Waals surface area contributed by atoms with Crippen LogP contribution in [0.1, 0.15) is 36.4 Å². The number of nitrogens with one attached hydrogen (secondary N) is 2. The van der Waals surface area contributed by atoms with Gasteiger partial charge in [-0.05, 0) is 73.2 Å². The normalized spacial score (nSPS) is 18.8. The highest BCUT2D eigenvalue weighted by Gasteiger charge is 2.21. The van der Waals surface area contributed by atoms with Gasteiger partial charge < -0.3 is 15.4 Å². The van der Waals surface area contributed by atoms with Crippen molar-refractivity contribution in [1.29, 1.82) is 0 Å². The Morgan fingerprint density at radius 1 is 1.09 bits per heavy atom. The van der Waals surface area contributed by atoms with E-state index in [9.17, 15) is 0 Å². The number of benzene rings is 3. The van der Waals surface area contributed by atoms with Gasteiger partial charge in [0.25, 0.3) is 0 Å². The Morgan fingerprint density at radius 3 is 2.66 bits per heavy atom. The number of amidine groups is 1. The molecule has 4 nitrogen and oxygen atoms in total. The van der Waals surface area contributed by atoms with Gasteiger partial charge in [0.15, 0.2) is 5.17 Å². The second-order valence-corrected chi connectivity index (χ2v) is 11.2. The number of methoxy groups -OCH3 is 1. The molecule has 2 heterocycles. The first-order chi connectivity index (χ1) is 17.2. The second kappa shape index (κ2) is 11.3. The predicted octanol–water partition coefficient (Wildman–Crippen LogP) is 7.76. The van der Waals surface area contributed by atoms with Crippen molar-refractivity contribution in [1.82, 2.24) is 0 Å². The summed E-state index contributed by atoms with van der Waals surface area (Å²) in [4.78, 5) is 6.29. The Bertz CT molecular complexity index is 1170. The van der Waals surface area contributed by atoms with Crippen molar-refractivity contribution in [3.63, 3.8) is 0 Å². The molecule has 35 heavy (non-hydrogen) atoms. The lowest BCUT2D eigenvalue weighted by atomic mass is 10.0. The summed E-state index contributed by atoms with van der Waals surface area (Å²) in [6, 6.07) is 25.7. The van der Waals surface area contributed by atoms with E-state index in [0.717, 1.165) is 48.0 Å². The Labute approximate surface area is 216 Å². The van der Waals surface area contributed by atoms with Crippen LogP contribution >= 0.6 is 23.5 Å². The minimum atomic E-state index is 0.190. The van der Waals surface area contributed by atoms with Crippen LogP contribution in [0.25, 0.3) is 0 Å². The number of ether oxygens (including phenoxy) is 1. The SMILES string of the molecule is C=C(CCc1ccc(NC2=NC(c3ccc(OC)cc3)CCS2)cc1)CC1Nc2ccccc2S1. The van der Waals surface area contributed by atoms with Crippen LogP contribution in [0.3, 0.4) is 0 Å². The fourth-order valence-corrected chi connectivity index (χ4v) is 6.50. The lowest BCUT2D eigenvalue weighted by Gasteiger charge is -2.21. The van der Waals surface area contributed by atoms with Gasteiger partial charge in [0.1, 0.15) is 5.75 Å². The van der Waals surface area contributed by atoms with Crippen LogP contribution in [0.4, 0.5) is 11.4 Å². The van der Waals surface area contributed by atoms with E-state index in [0.29, 0.717) is 5.37 Å². The zero-order valence-electron chi connectivity index (χ0n) is 20.0. The van der Waals surface area contributed by atoms with Crippen molar-refractivity contribution in [3.8, 4) is 5.75 Å². The minimum Gasteiger partial charge on any atom is -0.497 e. The fourth-order valence-electron chi connectivity index (χ4n) is 4.35. The molecule has 0 amide bonds. The zero-order chi connectivity index (χ0) is 24.0. The van der Waals surface area contributed by atoms with Gasteiger partial charge in [-0.15, -0.1) is 0 Å². The molecule has 5 rings (SSSR count). The maximum atomic E-state index is 5.28. The molecule has 2 unspecified atom stereocenters. The largest absolute Gasteiger partial charge is 0.497 e. The third kappa shape index (κ3) is 6.24. The summed E-state index contributed by atoms with van der Waals surface area (Å²) in [5.41, 5.74) is 6.19. The molecule has 0 radical (unpaired) electrons. The summed E-state index contributed by atoms with van der Waals surface area (Å²) in [6.45, 7) is 4.34. The summed E-state index contributed by atoms with van der Waals surface area (Å²) in [5, 5.41) is 8.49. The van der Waals surface area contributed by atoms with Gasteiger partial charge in [0.2, 0.25) is 0 Å². The van der Waals surface area contributed by atoms with E-state index in [1.165, 1.54) is 27.3 Å². The van der Waals surface area contributed by atoms with E-state index in [-0.39, 0.29) is 6.04 Å². The molecule has 3 aromatic rings. The Hall–Kier alpha value is -2.83. The number of para-hydroxylation sites is 1. The number of hydrogen-bond donors (Lipinski definition) is 2. The van der Waals surface area contributed by atoms with E-state index in [1.807, 2.05) is 23.9 Å². The number of anilines is 2. The van der Waals surface area contributed by atoms with E-state index < -0.39 is 0 Å². The number of nitrogens with zero attached hydrogens (tertiary/aromatic N) is 1. The molecule has 2 aliphatic heterocycles. The van der Waals surface area contributed by atoms with Crippen LogP contribution in [0.5, 0.6) is 5.75 Å². The lowest BCUT2D eigenvalue weighted by Crippen LogP contribution is -2.16. The van der Waals surface area contributed by atoms with Crippen molar-refractivity contribution in [2.45, 2.75) is 42.0 Å². The monoisotopic (exact) mass is 501 g/mol. The number of aliphatic imine (C=N–C) groups is 1. The average Bonchev–Trinajstić information content (AvgIpc) is 3.31. The molecule has 0 spiro atoms. The van der Waals surface area contributed by atoms with Gasteiger partial charge in [0.05, 0.1) is 18.5 Å². The van der Waals surface area contributed by atoms with Crippen molar-refractivity contribution >= 4 is 40.1 Å². The maximum Gasteiger partial charge on any atom is 0.161 e. The molecule has 0 bridgehead atoms. The molecule has 6 heteroatoms. The highest BCUT2D eigenvalue weighted by atomic mass is 32.2. The highest BCUT2D eigenvalue weighted by Crippen LogP contribution is 2.40. The quantitative estimate of drug-likeness (QED) is 0.309. The molecule has 0 aliphatic carbocycles. The molecule has 3 aromatic carbocycles.